The monoisotopic (exact) mass is 306 g/mol. The lowest BCUT2D eigenvalue weighted by atomic mass is 10.2. The van der Waals surface area contributed by atoms with Crippen LogP contribution in [0.4, 0.5) is 5.69 Å². The second kappa shape index (κ2) is 7.65. The van der Waals surface area contributed by atoms with E-state index in [1.807, 2.05) is 32.2 Å². The number of hydrogen-bond donors (Lipinski definition) is 2. The first-order chi connectivity index (χ1) is 7.13. The molecule has 0 aliphatic carbocycles. The average molecular weight is 308 g/mol. The van der Waals surface area contributed by atoms with Gasteiger partial charge in [0.1, 0.15) is 0 Å². The molecule has 0 bridgehead atoms. The van der Waals surface area contributed by atoms with E-state index in [4.69, 9.17) is 0 Å². The van der Waals surface area contributed by atoms with Crippen molar-refractivity contribution in [3.8, 4) is 0 Å². The fourth-order valence-electron chi connectivity index (χ4n) is 1.18. The van der Waals surface area contributed by atoms with Gasteiger partial charge >= 0.3 is 0 Å². The van der Waals surface area contributed by atoms with E-state index in [1.54, 1.807) is 0 Å². The van der Waals surface area contributed by atoms with Crippen molar-refractivity contribution in [2.45, 2.75) is 13.3 Å². The van der Waals surface area contributed by atoms with Crippen molar-refractivity contribution in [2.24, 2.45) is 0 Å². The third kappa shape index (κ3) is 4.96. The Hall–Kier alpha value is -0.580. The van der Waals surface area contributed by atoms with Crippen molar-refractivity contribution in [2.75, 3.05) is 18.9 Å². The molecular formula is C11H16BrClN2O. The first-order valence-electron chi connectivity index (χ1n) is 4.84. The number of nitrogens with one attached hydrogen (secondary N) is 2. The second-order valence-corrected chi connectivity index (χ2v) is 4.22. The van der Waals surface area contributed by atoms with Gasteiger partial charge in [-0.25, -0.2) is 0 Å². The molecule has 2 N–H and O–H groups in total. The Morgan fingerprint density at radius 2 is 2.12 bits per heavy atom. The zero-order valence-electron chi connectivity index (χ0n) is 9.34. The normalized spacial score (nSPS) is 9.44. The summed E-state index contributed by atoms with van der Waals surface area (Å²) >= 11 is 3.41. The Morgan fingerprint density at radius 3 is 2.69 bits per heavy atom. The van der Waals surface area contributed by atoms with Gasteiger partial charge in [-0.15, -0.1) is 12.4 Å². The van der Waals surface area contributed by atoms with Crippen LogP contribution in [0.5, 0.6) is 0 Å². The van der Waals surface area contributed by atoms with E-state index in [2.05, 4.69) is 26.6 Å². The van der Waals surface area contributed by atoms with E-state index in [9.17, 15) is 4.79 Å². The van der Waals surface area contributed by atoms with Crippen molar-refractivity contribution < 1.29 is 4.79 Å². The van der Waals surface area contributed by atoms with E-state index in [0.717, 1.165) is 15.7 Å². The van der Waals surface area contributed by atoms with E-state index in [0.29, 0.717) is 13.0 Å². The maximum absolute atomic E-state index is 11.4. The van der Waals surface area contributed by atoms with E-state index in [-0.39, 0.29) is 18.3 Å². The molecule has 0 saturated carbocycles. The summed E-state index contributed by atoms with van der Waals surface area (Å²) in [6.45, 7) is 2.69. The minimum atomic E-state index is 0. The molecule has 16 heavy (non-hydrogen) atoms. The van der Waals surface area contributed by atoms with Crippen LogP contribution in [0.15, 0.2) is 22.7 Å². The number of rotatable bonds is 4. The summed E-state index contributed by atoms with van der Waals surface area (Å²) in [5.74, 6) is 0.0334. The molecule has 1 amide bonds. The van der Waals surface area contributed by atoms with Crippen LogP contribution in [0.3, 0.4) is 0 Å². The van der Waals surface area contributed by atoms with Gasteiger partial charge in [0.25, 0.3) is 0 Å². The highest BCUT2D eigenvalue weighted by atomic mass is 79.9. The molecule has 0 aliphatic rings. The zero-order valence-corrected chi connectivity index (χ0v) is 11.7. The van der Waals surface area contributed by atoms with E-state index < -0.39 is 0 Å². The Bertz CT molecular complexity index is 358. The maximum Gasteiger partial charge on any atom is 0.225 e. The van der Waals surface area contributed by atoms with Gasteiger partial charge in [-0.2, -0.15) is 0 Å². The minimum absolute atomic E-state index is 0. The van der Waals surface area contributed by atoms with Gasteiger partial charge in [0, 0.05) is 23.1 Å². The number of amides is 1. The molecule has 0 radical (unpaired) electrons. The zero-order chi connectivity index (χ0) is 11.3. The number of benzene rings is 1. The summed E-state index contributed by atoms with van der Waals surface area (Å²) in [5, 5.41) is 5.78. The van der Waals surface area contributed by atoms with Crippen LogP contribution < -0.4 is 10.6 Å². The van der Waals surface area contributed by atoms with Gasteiger partial charge in [0.05, 0.1) is 0 Å². The van der Waals surface area contributed by atoms with Crippen LogP contribution in [0.1, 0.15) is 12.0 Å². The minimum Gasteiger partial charge on any atom is -0.326 e. The fraction of sp³-hybridized carbons (Fsp3) is 0.364. The smallest absolute Gasteiger partial charge is 0.225 e. The molecule has 1 rings (SSSR count). The SMILES string of the molecule is CNCCC(=O)Nc1ccc(Br)c(C)c1.Cl. The second-order valence-electron chi connectivity index (χ2n) is 3.37. The molecule has 1 aromatic rings. The summed E-state index contributed by atoms with van der Waals surface area (Å²) in [6.07, 6.45) is 0.492. The highest BCUT2D eigenvalue weighted by molar-refractivity contribution is 9.10. The molecule has 0 atom stereocenters. The number of aryl methyl sites for hydroxylation is 1. The Balaban J connectivity index is 0.00000225. The molecule has 90 valence electrons. The van der Waals surface area contributed by atoms with Crippen LogP contribution in [0.25, 0.3) is 0 Å². The molecule has 0 aromatic heterocycles. The van der Waals surface area contributed by atoms with Crippen molar-refractivity contribution in [3.05, 3.63) is 28.2 Å². The highest BCUT2D eigenvalue weighted by Crippen LogP contribution is 2.19. The van der Waals surface area contributed by atoms with Crippen molar-refractivity contribution >= 4 is 39.9 Å². The van der Waals surface area contributed by atoms with Gasteiger partial charge < -0.3 is 10.6 Å². The fourth-order valence-corrected chi connectivity index (χ4v) is 1.43. The molecule has 0 spiro atoms. The Morgan fingerprint density at radius 1 is 1.44 bits per heavy atom. The average Bonchev–Trinajstić information content (AvgIpc) is 2.20. The number of carbonyl (C=O) groups is 1. The van der Waals surface area contributed by atoms with Gasteiger partial charge in [0.15, 0.2) is 0 Å². The predicted molar refractivity (Wildman–Crippen MR) is 73.3 cm³/mol. The molecule has 1 aromatic carbocycles. The molecular weight excluding hydrogens is 291 g/mol. The molecule has 0 unspecified atom stereocenters. The van der Waals surface area contributed by atoms with Crippen LogP contribution in [-0.2, 0) is 4.79 Å². The van der Waals surface area contributed by atoms with E-state index in [1.165, 1.54) is 0 Å². The van der Waals surface area contributed by atoms with Crippen molar-refractivity contribution in [3.63, 3.8) is 0 Å². The van der Waals surface area contributed by atoms with Gasteiger partial charge in [0.2, 0.25) is 5.91 Å². The summed E-state index contributed by atoms with van der Waals surface area (Å²) in [7, 11) is 1.83. The van der Waals surface area contributed by atoms with Crippen LogP contribution in [0.2, 0.25) is 0 Å². The van der Waals surface area contributed by atoms with Crippen molar-refractivity contribution in [1.82, 2.24) is 5.32 Å². The lowest BCUT2D eigenvalue weighted by Crippen LogP contribution is -2.18. The van der Waals surface area contributed by atoms with Gasteiger partial charge in [-0.1, -0.05) is 15.9 Å². The predicted octanol–water partition coefficient (Wildman–Crippen LogP) is 2.73. The summed E-state index contributed by atoms with van der Waals surface area (Å²) in [5.41, 5.74) is 1.96. The summed E-state index contributed by atoms with van der Waals surface area (Å²) in [6, 6.07) is 5.76. The lowest BCUT2D eigenvalue weighted by Gasteiger charge is -2.06. The van der Waals surface area contributed by atoms with Crippen LogP contribution in [-0.4, -0.2) is 19.5 Å². The molecule has 0 aliphatic heterocycles. The molecule has 5 heteroatoms. The lowest BCUT2D eigenvalue weighted by molar-refractivity contribution is -0.116. The highest BCUT2D eigenvalue weighted by Gasteiger charge is 2.02. The topological polar surface area (TPSA) is 41.1 Å². The first kappa shape index (κ1) is 15.4. The van der Waals surface area contributed by atoms with E-state index >= 15 is 0 Å². The molecule has 0 fully saturated rings. The van der Waals surface area contributed by atoms with Crippen LogP contribution in [0, 0.1) is 6.92 Å². The molecule has 0 heterocycles. The number of carbonyl (C=O) groups excluding carboxylic acids is 1. The third-order valence-electron chi connectivity index (χ3n) is 2.04. The maximum atomic E-state index is 11.4. The quantitative estimate of drug-likeness (QED) is 0.898. The summed E-state index contributed by atoms with van der Waals surface area (Å²) < 4.78 is 1.05. The first-order valence-corrected chi connectivity index (χ1v) is 5.63. The van der Waals surface area contributed by atoms with Gasteiger partial charge in [-0.3, -0.25) is 4.79 Å². The number of hydrogen-bond acceptors (Lipinski definition) is 2. The largest absolute Gasteiger partial charge is 0.326 e. The molecule has 0 saturated heterocycles. The van der Waals surface area contributed by atoms with Gasteiger partial charge in [-0.05, 0) is 37.7 Å². The number of anilines is 1. The van der Waals surface area contributed by atoms with Crippen molar-refractivity contribution in [1.29, 1.82) is 0 Å². The summed E-state index contributed by atoms with van der Waals surface area (Å²) in [4.78, 5) is 11.4. The number of halogens is 2. The Kier molecular flexibility index (Phi) is 7.38. The standard InChI is InChI=1S/C11H15BrN2O.ClH/c1-8-7-9(3-4-10(8)12)14-11(15)5-6-13-2;/h3-4,7,13H,5-6H2,1-2H3,(H,14,15);1H. The van der Waals surface area contributed by atoms with Crippen LogP contribution >= 0.6 is 28.3 Å². The third-order valence-corrected chi connectivity index (χ3v) is 2.93. The Labute approximate surface area is 111 Å². The molecule has 3 nitrogen and oxygen atoms in total.